The molecule has 0 heterocycles. The van der Waals surface area contributed by atoms with Crippen LogP contribution in [-0.4, -0.2) is 11.7 Å². The smallest absolute Gasteiger partial charge is 0.0759 e. The molecule has 0 saturated heterocycles. The van der Waals surface area contributed by atoms with E-state index in [4.69, 9.17) is 23.2 Å². The first-order valence-electron chi connectivity index (χ1n) is 5.68. The van der Waals surface area contributed by atoms with E-state index < -0.39 is 0 Å². The molecule has 0 fully saturated rings. The number of aliphatic hydroxyl groups excluding tert-OH is 1. The summed E-state index contributed by atoms with van der Waals surface area (Å²) in [4.78, 5) is 0. The van der Waals surface area contributed by atoms with Crippen molar-refractivity contribution in [2.45, 2.75) is 6.04 Å². The lowest BCUT2D eigenvalue weighted by Gasteiger charge is -2.19. The van der Waals surface area contributed by atoms with Gasteiger partial charge >= 0.3 is 0 Å². The predicted octanol–water partition coefficient (Wildman–Crippen LogP) is 4.90. The van der Waals surface area contributed by atoms with Crippen LogP contribution < -0.4 is 5.32 Å². The molecule has 0 bridgehead atoms. The number of benzene rings is 2. The summed E-state index contributed by atoms with van der Waals surface area (Å²) in [5, 5.41) is 13.9. The fourth-order valence-corrected chi connectivity index (χ4v) is 2.61. The van der Waals surface area contributed by atoms with Gasteiger partial charge in [0.1, 0.15) is 0 Å². The van der Waals surface area contributed by atoms with Crippen molar-refractivity contribution in [3.63, 3.8) is 0 Å². The van der Waals surface area contributed by atoms with Crippen molar-refractivity contribution in [2.24, 2.45) is 0 Å². The number of hydrogen-bond acceptors (Lipinski definition) is 2. The molecule has 0 saturated carbocycles. The van der Waals surface area contributed by atoms with Gasteiger partial charge in [0.15, 0.2) is 0 Å². The Kier molecular flexibility index (Phi) is 5.11. The average Bonchev–Trinajstić information content (AvgIpc) is 2.39. The van der Waals surface area contributed by atoms with Gasteiger partial charge in [0, 0.05) is 20.2 Å². The summed E-state index contributed by atoms with van der Waals surface area (Å²) in [5.74, 6) is 0. The summed E-state index contributed by atoms with van der Waals surface area (Å²) in [6.07, 6.45) is 0. The topological polar surface area (TPSA) is 32.3 Å². The molecule has 2 nitrogen and oxygen atoms in total. The summed E-state index contributed by atoms with van der Waals surface area (Å²) >= 11 is 15.5. The zero-order valence-corrected chi connectivity index (χ0v) is 13.0. The second-order valence-electron chi connectivity index (χ2n) is 4.06. The minimum atomic E-state index is -0.305. The summed E-state index contributed by atoms with van der Waals surface area (Å²) in [6.45, 7) is -0.0768. The number of halogens is 3. The van der Waals surface area contributed by atoms with Gasteiger partial charge in [-0.15, -0.1) is 0 Å². The van der Waals surface area contributed by atoms with Crippen molar-refractivity contribution >= 4 is 44.8 Å². The van der Waals surface area contributed by atoms with Crippen LogP contribution >= 0.6 is 39.1 Å². The first kappa shape index (κ1) is 14.7. The Morgan fingerprint density at radius 3 is 2.63 bits per heavy atom. The van der Waals surface area contributed by atoms with Crippen LogP contribution in [0.15, 0.2) is 46.9 Å². The van der Waals surface area contributed by atoms with Crippen molar-refractivity contribution in [3.8, 4) is 0 Å². The minimum absolute atomic E-state index is 0.0768. The quantitative estimate of drug-likeness (QED) is 0.812. The van der Waals surface area contributed by atoms with Crippen LogP contribution in [0.3, 0.4) is 0 Å². The minimum Gasteiger partial charge on any atom is -0.394 e. The lowest BCUT2D eigenvalue weighted by Crippen LogP contribution is -2.15. The Bertz CT molecular complexity index is 577. The summed E-state index contributed by atoms with van der Waals surface area (Å²) in [7, 11) is 0. The van der Waals surface area contributed by atoms with Crippen molar-refractivity contribution in [1.29, 1.82) is 0 Å². The number of hydrogen-bond donors (Lipinski definition) is 2. The monoisotopic (exact) mass is 359 g/mol. The molecule has 0 aliphatic rings. The molecule has 2 rings (SSSR count). The van der Waals surface area contributed by atoms with Gasteiger partial charge in [0.2, 0.25) is 0 Å². The zero-order valence-electron chi connectivity index (χ0n) is 9.91. The molecule has 2 aromatic rings. The highest BCUT2D eigenvalue weighted by Crippen LogP contribution is 2.29. The van der Waals surface area contributed by atoms with Gasteiger partial charge < -0.3 is 10.4 Å². The third-order valence-corrected chi connectivity index (χ3v) is 3.75. The SMILES string of the molecule is OCC(Nc1cccc(Br)c1)c1cc(Cl)ccc1Cl. The van der Waals surface area contributed by atoms with Crippen molar-refractivity contribution in [3.05, 3.63) is 62.5 Å². The van der Waals surface area contributed by atoms with Crippen LogP contribution in [0.4, 0.5) is 5.69 Å². The van der Waals surface area contributed by atoms with E-state index >= 15 is 0 Å². The first-order valence-corrected chi connectivity index (χ1v) is 7.23. The molecule has 0 radical (unpaired) electrons. The molecule has 100 valence electrons. The molecule has 1 atom stereocenters. The number of rotatable bonds is 4. The van der Waals surface area contributed by atoms with E-state index in [-0.39, 0.29) is 12.6 Å². The summed E-state index contributed by atoms with van der Waals surface area (Å²) < 4.78 is 0.964. The fraction of sp³-hybridized carbons (Fsp3) is 0.143. The van der Waals surface area contributed by atoms with Gasteiger partial charge in [-0.2, -0.15) is 0 Å². The molecule has 5 heteroatoms. The molecule has 0 aliphatic carbocycles. The van der Waals surface area contributed by atoms with E-state index in [1.807, 2.05) is 24.3 Å². The Hall–Kier alpha value is -0.740. The lowest BCUT2D eigenvalue weighted by atomic mass is 10.1. The zero-order chi connectivity index (χ0) is 13.8. The van der Waals surface area contributed by atoms with E-state index in [1.165, 1.54) is 0 Å². The molecule has 0 spiro atoms. The maximum atomic E-state index is 9.55. The van der Waals surface area contributed by atoms with Crippen molar-refractivity contribution < 1.29 is 5.11 Å². The maximum Gasteiger partial charge on any atom is 0.0759 e. The normalized spacial score (nSPS) is 12.2. The Morgan fingerprint density at radius 2 is 1.95 bits per heavy atom. The van der Waals surface area contributed by atoms with Gasteiger partial charge in [0.25, 0.3) is 0 Å². The van der Waals surface area contributed by atoms with Gasteiger partial charge in [-0.25, -0.2) is 0 Å². The number of aliphatic hydroxyl groups is 1. The van der Waals surface area contributed by atoms with Gasteiger partial charge in [-0.1, -0.05) is 45.2 Å². The van der Waals surface area contributed by atoms with E-state index in [9.17, 15) is 5.11 Å². The second-order valence-corrected chi connectivity index (χ2v) is 5.81. The Morgan fingerprint density at radius 1 is 1.16 bits per heavy atom. The molecule has 0 amide bonds. The van der Waals surface area contributed by atoms with Crippen LogP contribution in [0.2, 0.25) is 10.0 Å². The standard InChI is InChI=1S/C14H12BrCl2NO/c15-9-2-1-3-11(6-9)18-14(8-19)12-7-10(16)4-5-13(12)17/h1-7,14,18-19H,8H2. The summed E-state index contributed by atoms with van der Waals surface area (Å²) in [5.41, 5.74) is 1.67. The van der Waals surface area contributed by atoms with Gasteiger partial charge in [-0.05, 0) is 42.0 Å². The molecular weight excluding hydrogens is 349 g/mol. The van der Waals surface area contributed by atoms with Crippen molar-refractivity contribution in [2.75, 3.05) is 11.9 Å². The Balaban J connectivity index is 2.27. The fourth-order valence-electron chi connectivity index (χ4n) is 1.78. The average molecular weight is 361 g/mol. The molecule has 19 heavy (non-hydrogen) atoms. The molecule has 0 aliphatic heterocycles. The van der Waals surface area contributed by atoms with Crippen LogP contribution in [-0.2, 0) is 0 Å². The molecule has 2 N–H and O–H groups in total. The lowest BCUT2D eigenvalue weighted by molar-refractivity contribution is 0.276. The highest BCUT2D eigenvalue weighted by Gasteiger charge is 2.14. The van der Waals surface area contributed by atoms with Crippen molar-refractivity contribution in [1.82, 2.24) is 0 Å². The molecular formula is C14H12BrCl2NO. The third-order valence-electron chi connectivity index (χ3n) is 2.68. The van der Waals surface area contributed by atoms with Crippen LogP contribution in [0, 0.1) is 0 Å². The molecule has 1 unspecified atom stereocenters. The largest absolute Gasteiger partial charge is 0.394 e. The maximum absolute atomic E-state index is 9.55. The summed E-state index contributed by atoms with van der Waals surface area (Å²) in [6, 6.07) is 12.6. The van der Waals surface area contributed by atoms with Crippen LogP contribution in [0.1, 0.15) is 11.6 Å². The van der Waals surface area contributed by atoms with Crippen LogP contribution in [0.25, 0.3) is 0 Å². The third kappa shape index (κ3) is 3.86. The van der Waals surface area contributed by atoms with Gasteiger partial charge in [0.05, 0.1) is 12.6 Å². The van der Waals surface area contributed by atoms with Gasteiger partial charge in [-0.3, -0.25) is 0 Å². The second kappa shape index (κ2) is 6.62. The highest BCUT2D eigenvalue weighted by atomic mass is 79.9. The molecule has 2 aromatic carbocycles. The first-order chi connectivity index (χ1) is 9.10. The predicted molar refractivity (Wildman–Crippen MR) is 84.1 cm³/mol. The van der Waals surface area contributed by atoms with E-state index in [1.54, 1.807) is 18.2 Å². The van der Waals surface area contributed by atoms with E-state index in [0.717, 1.165) is 15.7 Å². The van der Waals surface area contributed by atoms with E-state index in [0.29, 0.717) is 10.0 Å². The van der Waals surface area contributed by atoms with E-state index in [2.05, 4.69) is 21.2 Å². The Labute approximate surface area is 130 Å². The highest BCUT2D eigenvalue weighted by molar-refractivity contribution is 9.10. The van der Waals surface area contributed by atoms with Crippen LogP contribution in [0.5, 0.6) is 0 Å². The number of nitrogens with one attached hydrogen (secondary N) is 1. The number of anilines is 1. The molecule has 0 aromatic heterocycles.